The van der Waals surface area contributed by atoms with Gasteiger partial charge < -0.3 is 0 Å². The number of rotatable bonds is 2. The van der Waals surface area contributed by atoms with Crippen LogP contribution in [0, 0.1) is 0 Å². The van der Waals surface area contributed by atoms with Crippen molar-refractivity contribution in [1.29, 1.82) is 0 Å². The summed E-state index contributed by atoms with van der Waals surface area (Å²) in [6.07, 6.45) is -1.59. The van der Waals surface area contributed by atoms with Crippen LogP contribution in [0.15, 0.2) is 30.3 Å². The highest BCUT2D eigenvalue weighted by molar-refractivity contribution is 5.16. The molecular formula is C11H15FNO. The van der Waals surface area contributed by atoms with Gasteiger partial charge in [-0.2, -0.15) is 0 Å². The average molecular weight is 196 g/mol. The van der Waals surface area contributed by atoms with Crippen LogP contribution >= 0.6 is 0 Å². The molecule has 0 aromatic heterocycles. The zero-order valence-corrected chi connectivity index (χ0v) is 8.70. The molecule has 0 fully saturated rings. The first kappa shape index (κ1) is 11.1. The number of hydrogen-bond acceptors (Lipinski definition) is 1. The van der Waals surface area contributed by atoms with Gasteiger partial charge in [-0.15, -0.1) is 10.3 Å². The van der Waals surface area contributed by atoms with Crippen LogP contribution in [0.5, 0.6) is 0 Å². The maximum Gasteiger partial charge on any atom is 0.204 e. The maximum absolute atomic E-state index is 13.6. The Morgan fingerprint density at radius 2 is 1.71 bits per heavy atom. The summed E-state index contributed by atoms with van der Waals surface area (Å²) in [4.78, 5) is 0. The molecule has 1 aromatic rings. The normalized spacial score (nSPS) is 14.4. The fourth-order valence-electron chi connectivity index (χ4n) is 1.09. The van der Waals surface area contributed by atoms with Gasteiger partial charge in [0.25, 0.3) is 0 Å². The van der Waals surface area contributed by atoms with Crippen molar-refractivity contribution in [2.75, 3.05) is 0 Å². The first-order valence-corrected chi connectivity index (χ1v) is 4.58. The van der Waals surface area contributed by atoms with E-state index in [0.29, 0.717) is 10.6 Å². The van der Waals surface area contributed by atoms with Crippen LogP contribution in [-0.4, -0.2) is 10.6 Å². The molecule has 0 aliphatic carbocycles. The van der Waals surface area contributed by atoms with E-state index < -0.39 is 11.8 Å². The van der Waals surface area contributed by atoms with Crippen molar-refractivity contribution in [3.63, 3.8) is 0 Å². The predicted molar refractivity (Wildman–Crippen MR) is 52.6 cm³/mol. The topological polar surface area (TPSA) is 23.1 Å². The zero-order valence-electron chi connectivity index (χ0n) is 8.70. The highest BCUT2D eigenvalue weighted by atomic mass is 19.1. The molecule has 2 nitrogen and oxygen atoms in total. The second kappa shape index (κ2) is 4.07. The molecule has 0 saturated heterocycles. The number of hydroxylamine groups is 2. The predicted octanol–water partition coefficient (Wildman–Crippen LogP) is 3.10. The summed E-state index contributed by atoms with van der Waals surface area (Å²) in [5, 5.41) is 12.0. The van der Waals surface area contributed by atoms with Crippen LogP contribution in [0.4, 0.5) is 4.39 Å². The summed E-state index contributed by atoms with van der Waals surface area (Å²) < 4.78 is 13.6. The number of halogens is 1. The van der Waals surface area contributed by atoms with Crippen molar-refractivity contribution in [1.82, 2.24) is 5.06 Å². The van der Waals surface area contributed by atoms with Gasteiger partial charge in [-0.1, -0.05) is 30.3 Å². The van der Waals surface area contributed by atoms with Gasteiger partial charge in [0.15, 0.2) is 0 Å². The van der Waals surface area contributed by atoms with Crippen LogP contribution in [0.1, 0.15) is 32.6 Å². The van der Waals surface area contributed by atoms with Gasteiger partial charge in [-0.05, 0) is 20.8 Å². The lowest BCUT2D eigenvalue weighted by molar-refractivity contribution is -0.270. The Morgan fingerprint density at radius 1 is 1.21 bits per heavy atom. The molecule has 0 amide bonds. The summed E-state index contributed by atoms with van der Waals surface area (Å²) in [7, 11) is 0. The highest BCUT2D eigenvalue weighted by Crippen LogP contribution is 2.27. The molecule has 1 rings (SSSR count). The Morgan fingerprint density at radius 3 is 2.14 bits per heavy atom. The minimum atomic E-state index is -1.59. The molecule has 3 heteroatoms. The third-order valence-corrected chi connectivity index (χ3v) is 1.94. The van der Waals surface area contributed by atoms with E-state index in [1.165, 1.54) is 0 Å². The molecule has 1 unspecified atom stereocenters. The second-order valence-corrected chi connectivity index (χ2v) is 4.24. The Labute approximate surface area is 83.9 Å². The molecule has 1 atom stereocenters. The van der Waals surface area contributed by atoms with E-state index in [1.54, 1.807) is 51.1 Å². The SMILES string of the molecule is CC(C)(C)N([O])C(F)c1ccccc1. The molecule has 0 aliphatic rings. The maximum atomic E-state index is 13.6. The second-order valence-electron chi connectivity index (χ2n) is 4.24. The Balaban J connectivity index is 2.81. The highest BCUT2D eigenvalue weighted by Gasteiger charge is 2.29. The van der Waals surface area contributed by atoms with Gasteiger partial charge in [0.05, 0.1) is 0 Å². The van der Waals surface area contributed by atoms with Gasteiger partial charge in [-0.25, -0.2) is 4.39 Å². The molecule has 77 valence electrons. The van der Waals surface area contributed by atoms with Crippen LogP contribution < -0.4 is 0 Å². The van der Waals surface area contributed by atoms with Crippen molar-refractivity contribution >= 4 is 0 Å². The lowest BCUT2D eigenvalue weighted by atomic mass is 10.1. The molecule has 0 aliphatic heterocycles. The van der Waals surface area contributed by atoms with Gasteiger partial charge in [0.2, 0.25) is 6.30 Å². The van der Waals surface area contributed by atoms with Crippen LogP contribution in [0.2, 0.25) is 0 Å². The van der Waals surface area contributed by atoms with Crippen molar-refractivity contribution in [2.24, 2.45) is 0 Å². The lowest BCUT2D eigenvalue weighted by Gasteiger charge is -2.29. The molecule has 0 spiro atoms. The largest absolute Gasteiger partial charge is 0.222 e. The Kier molecular flexibility index (Phi) is 3.24. The van der Waals surface area contributed by atoms with E-state index >= 15 is 0 Å². The summed E-state index contributed by atoms with van der Waals surface area (Å²) in [5.41, 5.74) is -0.313. The van der Waals surface area contributed by atoms with Gasteiger partial charge in [0.1, 0.15) is 0 Å². The van der Waals surface area contributed by atoms with Crippen LogP contribution in [0.25, 0.3) is 0 Å². The molecule has 0 saturated carbocycles. The molecule has 0 N–H and O–H groups in total. The first-order valence-electron chi connectivity index (χ1n) is 4.58. The molecule has 0 bridgehead atoms. The lowest BCUT2D eigenvalue weighted by Crippen LogP contribution is -2.38. The van der Waals surface area contributed by atoms with Crippen molar-refractivity contribution in [3.8, 4) is 0 Å². The molecule has 1 radical (unpaired) electrons. The minimum absolute atomic E-state index is 0.400. The van der Waals surface area contributed by atoms with E-state index in [4.69, 9.17) is 0 Å². The number of benzene rings is 1. The first-order chi connectivity index (χ1) is 6.43. The molecule has 1 aromatic carbocycles. The van der Waals surface area contributed by atoms with Gasteiger partial charge >= 0.3 is 0 Å². The van der Waals surface area contributed by atoms with Gasteiger partial charge in [0, 0.05) is 11.1 Å². The summed E-state index contributed by atoms with van der Waals surface area (Å²) in [6.45, 7) is 5.07. The van der Waals surface area contributed by atoms with E-state index in [0.717, 1.165) is 0 Å². The third kappa shape index (κ3) is 2.53. The molecule has 0 heterocycles. The standard InChI is InChI=1S/C11H15FNO/c1-11(2,3)13(14)10(12)9-7-5-4-6-8-9/h4-8,10H,1-3H3. The quantitative estimate of drug-likeness (QED) is 0.526. The molecular weight excluding hydrogens is 181 g/mol. The summed E-state index contributed by atoms with van der Waals surface area (Å²) >= 11 is 0. The number of alkyl halides is 1. The smallest absolute Gasteiger partial charge is 0.204 e. The Hall–Kier alpha value is -0.930. The fourth-order valence-corrected chi connectivity index (χ4v) is 1.09. The minimum Gasteiger partial charge on any atom is -0.222 e. The Bertz CT molecular complexity index is 281. The molecule has 14 heavy (non-hydrogen) atoms. The van der Waals surface area contributed by atoms with Crippen LogP contribution in [-0.2, 0) is 5.21 Å². The van der Waals surface area contributed by atoms with E-state index in [2.05, 4.69) is 0 Å². The van der Waals surface area contributed by atoms with E-state index in [1.807, 2.05) is 0 Å². The van der Waals surface area contributed by atoms with Crippen molar-refractivity contribution in [3.05, 3.63) is 35.9 Å². The fraction of sp³-hybridized carbons (Fsp3) is 0.455. The average Bonchev–Trinajstić information content (AvgIpc) is 2.15. The number of nitrogens with zero attached hydrogens (tertiary/aromatic N) is 1. The monoisotopic (exact) mass is 196 g/mol. The summed E-state index contributed by atoms with van der Waals surface area (Å²) in [6, 6.07) is 8.46. The van der Waals surface area contributed by atoms with Crippen molar-refractivity contribution < 1.29 is 9.60 Å². The van der Waals surface area contributed by atoms with E-state index in [9.17, 15) is 9.60 Å². The van der Waals surface area contributed by atoms with Crippen LogP contribution in [0.3, 0.4) is 0 Å². The summed E-state index contributed by atoms with van der Waals surface area (Å²) in [5.74, 6) is 0. The van der Waals surface area contributed by atoms with E-state index in [-0.39, 0.29) is 0 Å². The van der Waals surface area contributed by atoms with Gasteiger partial charge in [-0.3, -0.25) is 0 Å². The zero-order chi connectivity index (χ0) is 10.8. The third-order valence-electron chi connectivity index (χ3n) is 1.94. The number of hydrogen-bond donors (Lipinski definition) is 0. The van der Waals surface area contributed by atoms with Crippen molar-refractivity contribution in [2.45, 2.75) is 32.6 Å².